The second-order valence-electron chi connectivity index (χ2n) is 37.3. The minimum atomic E-state index is -0.722. The molecule has 0 aromatic rings. The van der Waals surface area contributed by atoms with E-state index in [-0.39, 0.29) is 170 Å². The first-order valence-corrected chi connectivity index (χ1v) is 45.9. The number of carbonyl (C=O) groups is 21. The van der Waals surface area contributed by atoms with Crippen molar-refractivity contribution in [1.82, 2.24) is 0 Å². The quantitative estimate of drug-likeness (QED) is 0.0842. The Kier molecular flexibility index (Phi) is 33.7. The normalized spacial score (nSPS) is 36.8. The summed E-state index contributed by atoms with van der Waals surface area (Å²) in [5, 5.41) is 0. The lowest BCUT2D eigenvalue weighted by Gasteiger charge is -2.31. The zero-order valence-electron chi connectivity index (χ0n) is 77.7. The zero-order valence-corrected chi connectivity index (χ0v) is 77.7. The Labute approximate surface area is 801 Å². The molecule has 140 heavy (non-hydrogen) atoms. The highest BCUT2D eigenvalue weighted by Gasteiger charge is 2.74. The molecule has 20 fully saturated rings. The lowest BCUT2D eigenvalue weighted by atomic mass is 9.78. The van der Waals surface area contributed by atoms with Gasteiger partial charge in [-0.2, -0.15) is 0 Å². The van der Waals surface area contributed by atoms with Crippen molar-refractivity contribution >= 4 is 125 Å². The molecular formula is C97H112O43. The molecular weight excluding hydrogens is 1850 g/mol. The highest BCUT2D eigenvalue weighted by Crippen LogP contribution is 2.63. The van der Waals surface area contributed by atoms with Crippen molar-refractivity contribution in [3.8, 4) is 0 Å². The van der Waals surface area contributed by atoms with Crippen LogP contribution in [0.1, 0.15) is 118 Å². The smallest absolute Gasteiger partial charge is 0.347 e. The molecule has 11 saturated heterocycles. The molecule has 43 heteroatoms. The van der Waals surface area contributed by atoms with E-state index in [9.17, 15) is 101 Å². The number of methoxy groups -OCH3 is 1. The lowest BCUT2D eigenvalue weighted by Crippen LogP contribution is -2.44. The number of hydrogen-bond acceptors (Lipinski definition) is 43. The van der Waals surface area contributed by atoms with Crippen LogP contribution < -0.4 is 0 Å². The first kappa shape index (κ1) is 105. The molecule has 9 saturated carbocycles. The summed E-state index contributed by atoms with van der Waals surface area (Å²) >= 11 is 0. The molecule has 0 radical (unpaired) electrons. The van der Waals surface area contributed by atoms with E-state index in [0.717, 1.165) is 73.9 Å². The zero-order chi connectivity index (χ0) is 102. The largest absolute Gasteiger partial charge is 0.469 e. The van der Waals surface area contributed by atoms with Crippen LogP contribution in [-0.2, 0) is 205 Å². The molecule has 0 aromatic carbocycles. The SMILES string of the molecule is C=CC(=O)OC1(C)CCOC(=O)C1.C=CC(=O)OC1C2CC3C(=O)OC1C3C2.C=CC(=O)OC1C2CC3C(=O)OC1C3O2.C=CC(=O)OC1C2CC3C1OC(=O)C3C2C(=O)OC.C=CC(=O)OC1C2CC3C1OC(=O)C3C2C(=O)OC(C)(C)C.C=CC(=O)OC1C2CC3C1OC(=O)C3C2C(=O)OCC.C=CC(=O)OC1CCC2CC1OC2=O.C=CC(=O)OC1CCOC1=O.C=CC(=O)OC1COC(=O)C1. The highest BCUT2D eigenvalue weighted by molar-refractivity contribution is 5.92. The summed E-state index contributed by atoms with van der Waals surface area (Å²) < 4.78 is 112. The van der Waals surface area contributed by atoms with Gasteiger partial charge in [-0.1, -0.05) is 59.2 Å². The highest BCUT2D eigenvalue weighted by atomic mass is 16.7. The van der Waals surface area contributed by atoms with Gasteiger partial charge in [0.25, 0.3) is 0 Å². The molecule has 9 aliphatic carbocycles. The number of carbonyl (C=O) groups excluding carboxylic acids is 21. The summed E-state index contributed by atoms with van der Waals surface area (Å²) in [6.07, 6.45) is 11.1. The van der Waals surface area contributed by atoms with E-state index in [1.807, 2.05) is 0 Å². The first-order chi connectivity index (χ1) is 66.5. The number of hydrogen-bond donors (Lipinski definition) is 0. The van der Waals surface area contributed by atoms with E-state index < -0.39 is 185 Å². The van der Waals surface area contributed by atoms with Crippen LogP contribution >= 0.6 is 0 Å². The van der Waals surface area contributed by atoms with E-state index in [0.29, 0.717) is 70.5 Å². The van der Waals surface area contributed by atoms with Crippen LogP contribution in [0.25, 0.3) is 0 Å². The predicted molar refractivity (Wildman–Crippen MR) is 460 cm³/mol. The fraction of sp³-hybridized carbons (Fsp3) is 0.598. The Morgan fingerprint density at radius 3 is 1.31 bits per heavy atom. The average molecular weight is 1970 g/mol. The van der Waals surface area contributed by atoms with Crippen LogP contribution in [0, 0.1) is 101 Å². The summed E-state index contributed by atoms with van der Waals surface area (Å²) in [6, 6.07) is 0. The van der Waals surface area contributed by atoms with Gasteiger partial charge in [-0.3, -0.25) is 52.7 Å². The molecule has 0 spiro atoms. The maximum Gasteiger partial charge on any atom is 0.347 e. The van der Waals surface area contributed by atoms with Crippen LogP contribution in [0.15, 0.2) is 114 Å². The molecule has 758 valence electrons. The van der Waals surface area contributed by atoms with Crippen molar-refractivity contribution in [1.29, 1.82) is 0 Å². The molecule has 43 nitrogen and oxygen atoms in total. The molecule has 20 aliphatic rings. The van der Waals surface area contributed by atoms with Gasteiger partial charge in [0, 0.05) is 121 Å². The van der Waals surface area contributed by atoms with E-state index in [1.54, 1.807) is 34.6 Å². The third-order valence-corrected chi connectivity index (χ3v) is 27.9. The maximum atomic E-state index is 12.5. The van der Waals surface area contributed by atoms with Gasteiger partial charge in [0.15, 0.2) is 12.2 Å². The monoisotopic (exact) mass is 1960 g/mol. The Balaban J connectivity index is 0.000000142. The van der Waals surface area contributed by atoms with Crippen LogP contribution in [0.2, 0.25) is 0 Å². The molecule has 0 N–H and O–H groups in total. The molecule has 20 rings (SSSR count). The Morgan fingerprint density at radius 1 is 0.393 bits per heavy atom. The Morgan fingerprint density at radius 2 is 0.843 bits per heavy atom. The maximum absolute atomic E-state index is 12.5. The van der Waals surface area contributed by atoms with Gasteiger partial charge in [-0.15, -0.1) is 0 Å². The lowest BCUT2D eigenvalue weighted by molar-refractivity contribution is -0.172. The standard InChI is InChI=1S/C16H20O6.C14H16O6.C13H14O6.C11H12O4.C10H10O5.C10H12O4.C9H12O4.2C7H8O4/c1-5-9(17)20-12-8-6-7-10(14(18)21-13(7)12)11(8)15(19)22-16(2,3)4;1-3-8(15)19-11-6-5-7-10(14(17)20-12(7)11)9(6)13(16)18-4-2;1-3-7(14)18-10-5-4-6-9(8(5)12(15)17-2)13(16)19-11(6)10;1-2-8(12)14-9-5-3-6-7(4-5)11(13)15-10(6)9;1-2-6(11)14-8-5-3-4-7(13-5)9(8)15-10(4)12;1-2-9(11)13-7-4-3-6-5-8(7)14-10(6)12;1-3-7(10)13-9(2)4-5-12-8(11)6-9;1-2-6(8)11-5-3-7(9)10-4-5;1-2-6(8)11-5-3-4-10-7(5)9/h5,7-8,10-13H,1,6H2,2-4H3;3,6-7,9-12H,1,4-5H2,2H3;3,5-6,8-11H,1,4H2,2H3;2,5-7,9-10H,1,3-4H2;2,4-5,7-9H,1,3H2;2,6-8H,1,3-5H2;3H,1,4-6H2,2H3;2*2,5H,1,3-4H2. The van der Waals surface area contributed by atoms with Crippen LogP contribution in [0.3, 0.4) is 0 Å². The summed E-state index contributed by atoms with van der Waals surface area (Å²) in [7, 11) is 1.29. The fourth-order valence-electron chi connectivity index (χ4n) is 22.3. The summed E-state index contributed by atoms with van der Waals surface area (Å²) in [5.41, 5.74) is -1.35. The van der Waals surface area contributed by atoms with Crippen molar-refractivity contribution in [2.75, 3.05) is 33.5 Å². The molecule has 11 aliphatic heterocycles. The van der Waals surface area contributed by atoms with E-state index in [2.05, 4.69) is 73.4 Å². The van der Waals surface area contributed by atoms with Crippen molar-refractivity contribution in [2.24, 2.45) is 101 Å². The van der Waals surface area contributed by atoms with E-state index in [1.165, 1.54) is 7.11 Å². The summed E-state index contributed by atoms with van der Waals surface area (Å²) in [5.74, 6) is -12.1. The second kappa shape index (κ2) is 44.7. The van der Waals surface area contributed by atoms with Gasteiger partial charge in [-0.25, -0.2) is 47.9 Å². The molecule has 34 atom stereocenters. The Bertz CT molecular complexity index is 4940. The molecule has 12 bridgehead atoms. The van der Waals surface area contributed by atoms with Crippen molar-refractivity contribution in [3.05, 3.63) is 114 Å². The van der Waals surface area contributed by atoms with Gasteiger partial charge < -0.3 is 104 Å². The Hall–Kier alpha value is -13.5. The van der Waals surface area contributed by atoms with Gasteiger partial charge in [-0.05, 0) is 86.0 Å². The number of esters is 21. The third kappa shape index (κ3) is 23.0. The van der Waals surface area contributed by atoms with Crippen molar-refractivity contribution < 1.29 is 205 Å². The fourth-order valence-corrected chi connectivity index (χ4v) is 22.3. The van der Waals surface area contributed by atoms with Gasteiger partial charge in [0.2, 0.25) is 6.10 Å². The van der Waals surface area contributed by atoms with Crippen molar-refractivity contribution in [2.45, 2.75) is 227 Å². The number of ether oxygens (including phenoxy) is 22. The van der Waals surface area contributed by atoms with E-state index >= 15 is 0 Å². The molecule has 0 aromatic heterocycles. The van der Waals surface area contributed by atoms with E-state index in [4.69, 9.17) is 90.0 Å². The topological polar surface area (TPSA) is 562 Å². The number of cyclic esters (lactones) is 3. The molecule has 11 heterocycles. The molecule has 34 unspecified atom stereocenters. The van der Waals surface area contributed by atoms with Crippen LogP contribution in [0.5, 0.6) is 0 Å². The average Bonchev–Trinajstić information content (AvgIpc) is 1.55. The molecule has 0 amide bonds. The first-order valence-electron chi connectivity index (χ1n) is 45.9. The third-order valence-electron chi connectivity index (χ3n) is 27.9. The van der Waals surface area contributed by atoms with Crippen molar-refractivity contribution in [3.63, 3.8) is 0 Å². The second-order valence-corrected chi connectivity index (χ2v) is 37.3. The van der Waals surface area contributed by atoms with Crippen LogP contribution in [-0.4, -0.2) is 268 Å². The summed E-state index contributed by atoms with van der Waals surface area (Å²) in [6.45, 7) is 39.6. The number of fused-ring (bicyclic) bond motifs is 7. The van der Waals surface area contributed by atoms with Gasteiger partial charge >= 0.3 is 125 Å². The van der Waals surface area contributed by atoms with Crippen LogP contribution in [0.4, 0.5) is 0 Å². The summed E-state index contributed by atoms with van der Waals surface area (Å²) in [4.78, 5) is 238. The van der Waals surface area contributed by atoms with Gasteiger partial charge in [0.05, 0.1) is 99.1 Å². The minimum Gasteiger partial charge on any atom is -0.469 e. The predicted octanol–water partition coefficient (Wildman–Crippen LogP) is 3.90. The number of rotatable bonds is 22. The van der Waals surface area contributed by atoms with Gasteiger partial charge in [0.1, 0.15) is 91.1 Å². The minimum absolute atomic E-state index is 0.0266.